The second kappa shape index (κ2) is 3.05. The molecule has 1 rings (SSSR count). The minimum Gasteiger partial charge on any atom is -0.351 e. The molecule has 0 atom stereocenters. The maximum absolute atomic E-state index is 11.1. The zero-order chi connectivity index (χ0) is 9.35. The highest BCUT2D eigenvalue weighted by atomic mass is 32.2. The first-order valence-electron chi connectivity index (χ1n) is 3.91. The van der Waals surface area contributed by atoms with Crippen molar-refractivity contribution in [2.24, 2.45) is 5.92 Å². The highest BCUT2D eigenvalue weighted by Gasteiger charge is 2.34. The van der Waals surface area contributed by atoms with Crippen LogP contribution in [0, 0.1) is 5.92 Å². The van der Waals surface area contributed by atoms with E-state index in [1.54, 1.807) is 13.8 Å². The second-order valence-electron chi connectivity index (χ2n) is 3.44. The van der Waals surface area contributed by atoms with E-state index in [-0.39, 0.29) is 29.4 Å². The lowest BCUT2D eigenvalue weighted by atomic mass is 10.2. The maximum atomic E-state index is 11.1. The van der Waals surface area contributed by atoms with Crippen LogP contribution < -0.4 is 5.32 Å². The molecule has 1 saturated heterocycles. The van der Waals surface area contributed by atoms with Crippen LogP contribution in [0.5, 0.6) is 0 Å². The average molecular weight is 191 g/mol. The summed E-state index contributed by atoms with van der Waals surface area (Å²) in [6, 6.07) is -0.148. The fraction of sp³-hybridized carbons (Fsp3) is 0.857. The summed E-state index contributed by atoms with van der Waals surface area (Å²) in [6.45, 7) is 3.56. The molecule has 0 aromatic rings. The lowest BCUT2D eigenvalue weighted by Gasteiger charge is -2.27. The van der Waals surface area contributed by atoms with Crippen molar-refractivity contribution in [1.82, 2.24) is 5.32 Å². The van der Waals surface area contributed by atoms with Gasteiger partial charge in [0.1, 0.15) is 0 Å². The van der Waals surface area contributed by atoms with Crippen molar-refractivity contribution in [3.05, 3.63) is 0 Å². The Labute approximate surface area is 72.3 Å². The van der Waals surface area contributed by atoms with Gasteiger partial charge >= 0.3 is 0 Å². The summed E-state index contributed by atoms with van der Waals surface area (Å²) < 4.78 is 21.4. The van der Waals surface area contributed by atoms with Gasteiger partial charge in [-0.25, -0.2) is 8.42 Å². The van der Waals surface area contributed by atoms with Crippen LogP contribution in [0.1, 0.15) is 13.8 Å². The molecule has 4 nitrogen and oxygen atoms in total. The average Bonchev–Trinajstić information content (AvgIpc) is 1.83. The number of hydrogen-bond donors (Lipinski definition) is 1. The molecule has 70 valence electrons. The van der Waals surface area contributed by atoms with Gasteiger partial charge in [-0.3, -0.25) is 4.79 Å². The van der Waals surface area contributed by atoms with E-state index in [1.807, 2.05) is 0 Å². The molecule has 0 aromatic heterocycles. The molecular formula is C7H13NO3S. The first-order valence-corrected chi connectivity index (χ1v) is 5.73. The summed E-state index contributed by atoms with van der Waals surface area (Å²) in [7, 11) is -2.82. The third kappa shape index (κ3) is 2.20. The molecular weight excluding hydrogens is 178 g/mol. The number of amides is 1. The van der Waals surface area contributed by atoms with Crippen molar-refractivity contribution in [1.29, 1.82) is 0 Å². The monoisotopic (exact) mass is 191 g/mol. The Morgan fingerprint density at radius 2 is 1.92 bits per heavy atom. The zero-order valence-corrected chi connectivity index (χ0v) is 8.02. The summed E-state index contributed by atoms with van der Waals surface area (Å²) >= 11 is 0. The Morgan fingerprint density at radius 1 is 1.42 bits per heavy atom. The van der Waals surface area contributed by atoms with Crippen LogP contribution in [0.15, 0.2) is 0 Å². The highest BCUT2D eigenvalue weighted by Crippen LogP contribution is 2.10. The van der Waals surface area contributed by atoms with Crippen LogP contribution in [0.2, 0.25) is 0 Å². The Kier molecular flexibility index (Phi) is 2.41. The van der Waals surface area contributed by atoms with Gasteiger partial charge in [-0.1, -0.05) is 13.8 Å². The number of nitrogens with one attached hydrogen (secondary N) is 1. The molecule has 1 N–H and O–H groups in total. The summed E-state index contributed by atoms with van der Waals surface area (Å²) in [4.78, 5) is 11.1. The van der Waals surface area contributed by atoms with E-state index < -0.39 is 9.84 Å². The van der Waals surface area contributed by atoms with E-state index >= 15 is 0 Å². The van der Waals surface area contributed by atoms with Crippen molar-refractivity contribution >= 4 is 15.7 Å². The molecule has 1 aliphatic heterocycles. The van der Waals surface area contributed by atoms with Crippen LogP contribution in [-0.2, 0) is 14.6 Å². The van der Waals surface area contributed by atoms with Crippen LogP contribution in [0.4, 0.5) is 0 Å². The molecule has 12 heavy (non-hydrogen) atoms. The van der Waals surface area contributed by atoms with Crippen LogP contribution in [0.25, 0.3) is 0 Å². The lowest BCUT2D eigenvalue weighted by molar-refractivity contribution is -0.124. The highest BCUT2D eigenvalue weighted by molar-refractivity contribution is 7.92. The standard InChI is InChI=1S/C7H13NO3S/c1-5(2)7(9)8-6-3-12(10,11)4-6/h5-6H,3-4H2,1-2H3,(H,8,9). The minimum atomic E-state index is -2.82. The molecule has 1 heterocycles. The van der Waals surface area contributed by atoms with E-state index in [9.17, 15) is 13.2 Å². The molecule has 0 radical (unpaired) electrons. The largest absolute Gasteiger partial charge is 0.351 e. The first kappa shape index (κ1) is 9.51. The second-order valence-corrected chi connectivity index (χ2v) is 5.59. The molecule has 0 spiro atoms. The topological polar surface area (TPSA) is 63.2 Å². The Balaban J connectivity index is 2.33. The molecule has 1 fully saturated rings. The van der Waals surface area contributed by atoms with Gasteiger partial charge in [-0.15, -0.1) is 0 Å². The molecule has 5 heteroatoms. The van der Waals surface area contributed by atoms with Gasteiger partial charge in [0.25, 0.3) is 0 Å². The predicted octanol–water partition coefficient (Wildman–Crippen LogP) is -0.444. The third-order valence-corrected chi connectivity index (χ3v) is 3.60. The quantitative estimate of drug-likeness (QED) is 0.643. The van der Waals surface area contributed by atoms with E-state index in [4.69, 9.17) is 0 Å². The van der Waals surface area contributed by atoms with Gasteiger partial charge in [0.15, 0.2) is 9.84 Å². The molecule has 1 amide bonds. The van der Waals surface area contributed by atoms with Gasteiger partial charge in [0.05, 0.1) is 17.5 Å². The summed E-state index contributed by atoms with van der Waals surface area (Å²) in [5, 5.41) is 2.65. The SMILES string of the molecule is CC(C)C(=O)NC1CS(=O)(=O)C1. The van der Waals surface area contributed by atoms with Crippen LogP contribution in [0.3, 0.4) is 0 Å². The van der Waals surface area contributed by atoms with E-state index in [2.05, 4.69) is 5.32 Å². The molecule has 0 saturated carbocycles. The van der Waals surface area contributed by atoms with Crippen LogP contribution >= 0.6 is 0 Å². The van der Waals surface area contributed by atoms with Gasteiger partial charge < -0.3 is 5.32 Å². The number of sulfone groups is 1. The number of hydrogen-bond acceptors (Lipinski definition) is 3. The summed E-state index contributed by atoms with van der Waals surface area (Å²) in [5.41, 5.74) is 0. The normalized spacial score (nSPS) is 21.9. The number of carbonyl (C=O) groups is 1. The van der Waals surface area contributed by atoms with Crippen molar-refractivity contribution in [3.63, 3.8) is 0 Å². The van der Waals surface area contributed by atoms with Crippen molar-refractivity contribution < 1.29 is 13.2 Å². The molecule has 0 unspecified atom stereocenters. The fourth-order valence-corrected chi connectivity index (χ4v) is 2.31. The minimum absolute atomic E-state index is 0.0742. The maximum Gasteiger partial charge on any atom is 0.222 e. The van der Waals surface area contributed by atoms with Gasteiger partial charge in [-0.2, -0.15) is 0 Å². The molecule has 0 aliphatic carbocycles. The van der Waals surface area contributed by atoms with Crippen molar-refractivity contribution in [3.8, 4) is 0 Å². The fourth-order valence-electron chi connectivity index (χ4n) is 1.02. The van der Waals surface area contributed by atoms with Crippen molar-refractivity contribution in [2.45, 2.75) is 19.9 Å². The van der Waals surface area contributed by atoms with E-state index in [1.165, 1.54) is 0 Å². The van der Waals surface area contributed by atoms with E-state index in [0.29, 0.717) is 0 Å². The molecule has 1 aliphatic rings. The molecule has 0 aromatic carbocycles. The lowest BCUT2D eigenvalue weighted by Crippen LogP contribution is -2.53. The number of rotatable bonds is 2. The Hall–Kier alpha value is -0.580. The van der Waals surface area contributed by atoms with Gasteiger partial charge in [0, 0.05) is 5.92 Å². The van der Waals surface area contributed by atoms with E-state index in [0.717, 1.165) is 0 Å². The Bertz CT molecular complexity index is 269. The third-order valence-electron chi connectivity index (χ3n) is 1.78. The predicted molar refractivity (Wildman–Crippen MR) is 45.4 cm³/mol. The van der Waals surface area contributed by atoms with Gasteiger partial charge in [0.2, 0.25) is 5.91 Å². The zero-order valence-electron chi connectivity index (χ0n) is 7.20. The first-order chi connectivity index (χ1) is 5.41. The number of carbonyl (C=O) groups excluding carboxylic acids is 1. The van der Waals surface area contributed by atoms with Gasteiger partial charge in [-0.05, 0) is 0 Å². The van der Waals surface area contributed by atoms with Crippen molar-refractivity contribution in [2.75, 3.05) is 11.5 Å². The van der Waals surface area contributed by atoms with Crippen LogP contribution in [-0.4, -0.2) is 31.9 Å². The summed E-state index contributed by atoms with van der Waals surface area (Å²) in [6.07, 6.45) is 0. The smallest absolute Gasteiger partial charge is 0.222 e. The Morgan fingerprint density at radius 3 is 2.25 bits per heavy atom. The molecule has 0 bridgehead atoms. The summed E-state index contributed by atoms with van der Waals surface area (Å²) in [5.74, 6) is 0.0555.